The first-order valence-electron chi connectivity index (χ1n) is 9.37. The Morgan fingerprint density at radius 2 is 1.93 bits per heavy atom. The second-order valence-electron chi connectivity index (χ2n) is 6.48. The van der Waals surface area contributed by atoms with E-state index in [-0.39, 0.29) is 12.1 Å². The smallest absolute Gasteiger partial charge is 0.405 e. The third-order valence-corrected chi connectivity index (χ3v) is 4.23. The monoisotopic (exact) mass is 425 g/mol. The van der Waals surface area contributed by atoms with Crippen molar-refractivity contribution < 1.29 is 27.4 Å². The molecule has 1 aromatic carbocycles. The van der Waals surface area contributed by atoms with Gasteiger partial charge in [0, 0.05) is 32.2 Å². The lowest BCUT2D eigenvalue weighted by Gasteiger charge is -2.28. The molecule has 1 aliphatic rings. The fourth-order valence-corrected chi connectivity index (χ4v) is 2.93. The van der Waals surface area contributed by atoms with Gasteiger partial charge < -0.3 is 25.0 Å². The summed E-state index contributed by atoms with van der Waals surface area (Å²) in [6, 6.07) is 7.01. The number of para-hydroxylation sites is 1. The second kappa shape index (κ2) is 9.61. The summed E-state index contributed by atoms with van der Waals surface area (Å²) in [5.41, 5.74) is -0.192. The van der Waals surface area contributed by atoms with Gasteiger partial charge in [0.05, 0.1) is 18.8 Å². The van der Waals surface area contributed by atoms with Crippen molar-refractivity contribution in [1.82, 2.24) is 15.3 Å². The minimum atomic E-state index is -4.87. The summed E-state index contributed by atoms with van der Waals surface area (Å²) >= 11 is 0. The molecular weight excluding hydrogens is 403 g/mol. The number of ether oxygens (including phenoxy) is 2. The molecule has 1 saturated heterocycles. The molecule has 11 heteroatoms. The van der Waals surface area contributed by atoms with E-state index >= 15 is 0 Å². The Hall–Kier alpha value is -3.08. The highest BCUT2D eigenvalue weighted by Gasteiger charge is 2.32. The van der Waals surface area contributed by atoms with E-state index in [0.29, 0.717) is 31.4 Å². The average molecular weight is 425 g/mol. The lowest BCUT2D eigenvalue weighted by Crippen LogP contribution is -2.37. The van der Waals surface area contributed by atoms with Crippen LogP contribution in [0, 0.1) is 6.92 Å². The zero-order chi connectivity index (χ0) is 21.6. The first-order valence-corrected chi connectivity index (χ1v) is 9.37. The molecule has 162 valence electrons. The van der Waals surface area contributed by atoms with E-state index in [0.717, 1.165) is 25.0 Å². The molecule has 0 spiro atoms. The summed E-state index contributed by atoms with van der Waals surface area (Å²) in [5.74, 6) is 0.778. The van der Waals surface area contributed by atoms with Crippen LogP contribution in [-0.2, 0) is 4.74 Å². The van der Waals surface area contributed by atoms with Crippen molar-refractivity contribution in [3.8, 4) is 5.75 Å². The molecule has 1 amide bonds. The summed E-state index contributed by atoms with van der Waals surface area (Å²) in [7, 11) is 0. The van der Waals surface area contributed by atoms with Crippen LogP contribution in [0.3, 0.4) is 0 Å². The lowest BCUT2D eigenvalue weighted by molar-refractivity contribution is -0.274. The molecule has 30 heavy (non-hydrogen) atoms. The van der Waals surface area contributed by atoms with Crippen molar-refractivity contribution >= 4 is 17.5 Å². The Morgan fingerprint density at radius 1 is 1.20 bits per heavy atom. The van der Waals surface area contributed by atoms with Gasteiger partial charge in [-0.25, -0.2) is 9.97 Å². The number of benzene rings is 1. The van der Waals surface area contributed by atoms with Gasteiger partial charge in [-0.05, 0) is 19.1 Å². The SMILES string of the molecule is Cc1nc(NCCNC(=O)c2ccccc2OC(F)(F)F)cc(N2CCOCC2)n1. The number of aromatic nitrogens is 2. The minimum absolute atomic E-state index is 0.176. The Balaban J connectivity index is 1.54. The minimum Gasteiger partial charge on any atom is -0.405 e. The van der Waals surface area contributed by atoms with Gasteiger partial charge in [-0.15, -0.1) is 13.2 Å². The van der Waals surface area contributed by atoms with Crippen molar-refractivity contribution in [3.05, 3.63) is 41.7 Å². The fraction of sp³-hybridized carbons (Fsp3) is 0.421. The summed E-state index contributed by atoms with van der Waals surface area (Å²) in [4.78, 5) is 23.1. The Morgan fingerprint density at radius 3 is 2.67 bits per heavy atom. The van der Waals surface area contributed by atoms with E-state index in [1.165, 1.54) is 18.2 Å². The van der Waals surface area contributed by atoms with Gasteiger partial charge in [-0.3, -0.25) is 4.79 Å². The molecule has 2 N–H and O–H groups in total. The maximum atomic E-state index is 12.5. The molecule has 1 aromatic heterocycles. The molecule has 0 saturated carbocycles. The largest absolute Gasteiger partial charge is 0.573 e. The van der Waals surface area contributed by atoms with Crippen LogP contribution in [0.4, 0.5) is 24.8 Å². The van der Waals surface area contributed by atoms with Crippen LogP contribution in [0.2, 0.25) is 0 Å². The normalized spacial score (nSPS) is 14.3. The number of nitrogens with one attached hydrogen (secondary N) is 2. The molecule has 1 aliphatic heterocycles. The molecule has 2 aromatic rings. The summed E-state index contributed by atoms with van der Waals surface area (Å²) in [5, 5.41) is 5.66. The van der Waals surface area contributed by atoms with E-state index in [1.54, 1.807) is 6.92 Å². The van der Waals surface area contributed by atoms with Crippen LogP contribution < -0.4 is 20.3 Å². The molecule has 3 rings (SSSR count). The molecule has 0 unspecified atom stereocenters. The number of morpholine rings is 1. The third kappa shape index (κ3) is 6.21. The van der Waals surface area contributed by atoms with Gasteiger partial charge in [0.15, 0.2) is 0 Å². The Kier molecular flexibility index (Phi) is 6.93. The number of halogens is 3. The third-order valence-electron chi connectivity index (χ3n) is 4.23. The molecule has 0 aliphatic carbocycles. The number of amides is 1. The lowest BCUT2D eigenvalue weighted by atomic mass is 10.2. The summed E-state index contributed by atoms with van der Waals surface area (Å²) < 4.78 is 46.7. The number of alkyl halides is 3. The van der Waals surface area contributed by atoms with E-state index in [2.05, 4.69) is 30.2 Å². The van der Waals surface area contributed by atoms with Crippen LogP contribution in [0.15, 0.2) is 30.3 Å². The van der Waals surface area contributed by atoms with Crippen LogP contribution in [0.5, 0.6) is 5.75 Å². The fourth-order valence-electron chi connectivity index (χ4n) is 2.93. The first-order chi connectivity index (χ1) is 14.3. The Labute approximate surface area is 171 Å². The predicted molar refractivity (Wildman–Crippen MR) is 104 cm³/mol. The van der Waals surface area contributed by atoms with E-state index in [9.17, 15) is 18.0 Å². The van der Waals surface area contributed by atoms with E-state index < -0.39 is 18.0 Å². The van der Waals surface area contributed by atoms with Crippen LogP contribution in [0.25, 0.3) is 0 Å². The number of anilines is 2. The molecule has 2 heterocycles. The number of hydrogen-bond acceptors (Lipinski definition) is 7. The molecule has 0 bridgehead atoms. The van der Waals surface area contributed by atoms with E-state index in [1.807, 2.05) is 6.07 Å². The average Bonchev–Trinajstić information content (AvgIpc) is 2.70. The van der Waals surface area contributed by atoms with Crippen LogP contribution >= 0.6 is 0 Å². The van der Waals surface area contributed by atoms with Crippen molar-refractivity contribution in [3.63, 3.8) is 0 Å². The van der Waals surface area contributed by atoms with Crippen molar-refractivity contribution in [2.75, 3.05) is 49.6 Å². The number of aryl methyl sites for hydroxylation is 1. The van der Waals surface area contributed by atoms with Crippen LogP contribution in [-0.4, -0.2) is 61.6 Å². The van der Waals surface area contributed by atoms with Gasteiger partial charge in [0.1, 0.15) is 23.2 Å². The van der Waals surface area contributed by atoms with Crippen LogP contribution in [0.1, 0.15) is 16.2 Å². The first kappa shape index (κ1) is 21.6. The highest BCUT2D eigenvalue weighted by Crippen LogP contribution is 2.26. The summed E-state index contributed by atoms with van der Waals surface area (Å²) in [6.45, 7) is 5.04. The maximum Gasteiger partial charge on any atom is 0.573 e. The highest BCUT2D eigenvalue weighted by molar-refractivity contribution is 5.96. The molecule has 0 radical (unpaired) electrons. The number of carbonyl (C=O) groups is 1. The quantitative estimate of drug-likeness (QED) is 0.659. The second-order valence-corrected chi connectivity index (χ2v) is 6.48. The molecular formula is C19H22F3N5O3. The standard InChI is InChI=1S/C19H22F3N5O3/c1-13-25-16(12-17(26-13)27-8-10-29-11-9-27)23-6-7-24-18(28)14-4-2-3-5-15(14)30-19(20,21)22/h2-5,12H,6-11H2,1H3,(H,24,28)(H,23,25,26). The zero-order valence-electron chi connectivity index (χ0n) is 16.3. The van der Waals surface area contributed by atoms with Crippen molar-refractivity contribution in [1.29, 1.82) is 0 Å². The van der Waals surface area contributed by atoms with Gasteiger partial charge in [-0.2, -0.15) is 0 Å². The number of carbonyl (C=O) groups excluding carboxylic acids is 1. The van der Waals surface area contributed by atoms with Gasteiger partial charge in [0.2, 0.25) is 0 Å². The van der Waals surface area contributed by atoms with E-state index in [4.69, 9.17) is 4.74 Å². The Bertz CT molecular complexity index is 873. The molecule has 8 nitrogen and oxygen atoms in total. The van der Waals surface area contributed by atoms with Gasteiger partial charge >= 0.3 is 6.36 Å². The number of nitrogens with zero attached hydrogens (tertiary/aromatic N) is 3. The van der Waals surface area contributed by atoms with Crippen molar-refractivity contribution in [2.24, 2.45) is 0 Å². The molecule has 1 fully saturated rings. The predicted octanol–water partition coefficient (Wildman–Crippen LogP) is 2.36. The van der Waals surface area contributed by atoms with Gasteiger partial charge in [-0.1, -0.05) is 12.1 Å². The number of rotatable bonds is 7. The van der Waals surface area contributed by atoms with Gasteiger partial charge in [0.25, 0.3) is 5.91 Å². The van der Waals surface area contributed by atoms with Crippen molar-refractivity contribution in [2.45, 2.75) is 13.3 Å². The topological polar surface area (TPSA) is 88.6 Å². The zero-order valence-corrected chi connectivity index (χ0v) is 16.3. The summed E-state index contributed by atoms with van der Waals surface area (Å²) in [6.07, 6.45) is -4.87. The highest BCUT2D eigenvalue weighted by atomic mass is 19.4. The maximum absolute atomic E-state index is 12.5. The molecule has 0 atom stereocenters. The number of hydrogen-bond donors (Lipinski definition) is 2.